The van der Waals surface area contributed by atoms with E-state index in [1.165, 1.54) is 65.2 Å². The molecule has 12 nitrogen and oxygen atoms in total. The summed E-state index contributed by atoms with van der Waals surface area (Å²) in [7, 11) is -12.7. The Hall–Kier alpha value is -3.85. The monoisotopic (exact) mass is 836 g/mol. The van der Waals surface area contributed by atoms with Crippen LogP contribution in [0.2, 0.25) is 0 Å². The molecule has 0 saturated carbocycles. The molecular weight excluding hydrogens is 801 g/mol. The van der Waals surface area contributed by atoms with E-state index in [4.69, 9.17) is 22.3 Å². The van der Waals surface area contributed by atoms with Gasteiger partial charge in [-0.1, -0.05) is 53.1 Å². The summed E-state index contributed by atoms with van der Waals surface area (Å²) in [5.41, 5.74) is 14.1. The van der Waals surface area contributed by atoms with Crippen molar-refractivity contribution in [2.75, 3.05) is 20.9 Å². The molecule has 19 heteroatoms. The highest BCUT2D eigenvalue weighted by atomic mass is 32.3. The number of sulfonamides is 3. The molecule has 0 radical (unpaired) electrons. The van der Waals surface area contributed by atoms with Crippen molar-refractivity contribution in [2.24, 2.45) is 11.5 Å². The fourth-order valence-electron chi connectivity index (χ4n) is 4.42. The molecule has 2 heterocycles. The number of thioether (sulfide) groups is 2. The molecule has 0 unspecified atom stereocenters. The number of anilines is 2. The average Bonchev–Trinajstić information content (AvgIpc) is 3.69. The smallest absolute Gasteiger partial charge is 0.277 e. The molecule has 0 amide bonds. The van der Waals surface area contributed by atoms with Crippen LogP contribution < -0.4 is 19.9 Å². The molecule has 5 rings (SSSR count). The number of hydrogen-bond donors (Lipinski definition) is 5. The first-order valence-electron chi connectivity index (χ1n) is 14.9. The van der Waals surface area contributed by atoms with Crippen LogP contribution in [0, 0.1) is 31.6 Å². The zero-order valence-electron chi connectivity index (χ0n) is 28.5. The maximum Gasteiger partial charge on any atom is 0.277 e. The molecule has 7 N–H and O–H groups in total. The van der Waals surface area contributed by atoms with Gasteiger partial charge in [0.25, 0.3) is 30.1 Å². The first kappa shape index (κ1) is 40.9. The number of nitrogens with two attached hydrogens (primary N) is 2. The van der Waals surface area contributed by atoms with Crippen molar-refractivity contribution in [3.8, 4) is 0 Å². The minimum absolute atomic E-state index is 0.0520. The lowest BCUT2D eigenvalue weighted by Gasteiger charge is -2.24. The van der Waals surface area contributed by atoms with E-state index in [9.17, 15) is 25.3 Å². The SMILES string of the molecule is CSc1sc(C(=N)N)cc1N(S(=O)(=O)c1ccc(C)cc1)S(=O)(=O)c1ccc(C)cc1.CSc1sc(C(=N)N)cc1NS(=O)(=O)c1ccc(C)cc1. The third-order valence-corrected chi connectivity index (χ3v) is 17.3. The normalized spacial score (nSPS) is 11.7. The van der Waals surface area contributed by atoms with Crippen molar-refractivity contribution in [1.29, 1.82) is 10.8 Å². The van der Waals surface area contributed by atoms with Crippen molar-refractivity contribution in [1.82, 2.24) is 0 Å². The molecule has 3 aromatic carbocycles. The van der Waals surface area contributed by atoms with E-state index in [0.717, 1.165) is 32.2 Å². The van der Waals surface area contributed by atoms with Gasteiger partial charge in [-0.3, -0.25) is 15.5 Å². The first-order valence-corrected chi connectivity index (χ1v) is 23.3. The second kappa shape index (κ2) is 16.4. The highest BCUT2D eigenvalue weighted by molar-refractivity contribution is 8.10. The van der Waals surface area contributed by atoms with Gasteiger partial charge in [0.1, 0.15) is 11.7 Å². The second-order valence-corrected chi connectivity index (χ2v) is 20.8. The van der Waals surface area contributed by atoms with E-state index in [1.807, 2.05) is 13.2 Å². The average molecular weight is 837 g/mol. The predicted octanol–water partition coefficient (Wildman–Crippen LogP) is 6.82. The van der Waals surface area contributed by atoms with Crippen molar-refractivity contribution in [3.05, 3.63) is 111 Å². The molecule has 5 aromatic rings. The van der Waals surface area contributed by atoms with Crippen LogP contribution in [-0.4, -0.2) is 49.4 Å². The van der Waals surface area contributed by atoms with E-state index in [1.54, 1.807) is 74.7 Å². The maximum atomic E-state index is 13.6. The minimum Gasteiger partial charge on any atom is -0.383 e. The Bertz CT molecular complexity index is 2350. The van der Waals surface area contributed by atoms with Crippen LogP contribution in [0.5, 0.6) is 0 Å². The van der Waals surface area contributed by atoms with Gasteiger partial charge in [0.2, 0.25) is 0 Å². The number of hydrogen-bond acceptors (Lipinski definition) is 12. The molecule has 0 fully saturated rings. The molecule has 0 aliphatic heterocycles. The first-order chi connectivity index (χ1) is 24.3. The zero-order valence-corrected chi connectivity index (χ0v) is 34.2. The van der Waals surface area contributed by atoms with E-state index >= 15 is 0 Å². The molecule has 0 saturated heterocycles. The number of nitrogen functional groups attached to an aromatic ring is 2. The summed E-state index contributed by atoms with van der Waals surface area (Å²) in [6, 6.07) is 21.5. The maximum absolute atomic E-state index is 13.6. The topological polar surface area (TPSA) is 217 Å². The lowest BCUT2D eigenvalue weighted by atomic mass is 10.2. The number of thiophene rings is 2. The van der Waals surface area contributed by atoms with Crippen LogP contribution in [0.4, 0.5) is 11.4 Å². The van der Waals surface area contributed by atoms with Gasteiger partial charge in [0.05, 0.1) is 44.2 Å². The molecule has 0 aliphatic rings. The Kier molecular flexibility index (Phi) is 12.9. The van der Waals surface area contributed by atoms with Gasteiger partial charge in [-0.15, -0.1) is 46.2 Å². The Morgan fingerprint density at radius 2 is 0.981 bits per heavy atom. The predicted molar refractivity (Wildman–Crippen MR) is 215 cm³/mol. The Morgan fingerprint density at radius 1 is 0.615 bits per heavy atom. The molecule has 0 spiro atoms. The largest absolute Gasteiger partial charge is 0.383 e. The summed E-state index contributed by atoms with van der Waals surface area (Å²) < 4.78 is 83.5. The number of nitrogens with one attached hydrogen (secondary N) is 3. The minimum atomic E-state index is -4.50. The third kappa shape index (κ3) is 9.20. The van der Waals surface area contributed by atoms with Crippen molar-refractivity contribution in [2.45, 2.75) is 43.9 Å². The lowest BCUT2D eigenvalue weighted by Crippen LogP contribution is -2.37. The Morgan fingerprint density at radius 3 is 1.37 bits per heavy atom. The van der Waals surface area contributed by atoms with Gasteiger partial charge in [0.15, 0.2) is 0 Å². The lowest BCUT2D eigenvalue weighted by molar-refractivity contribution is 0.583. The molecule has 0 bridgehead atoms. The quantitative estimate of drug-likeness (QED) is 0.0502. The Labute approximate surface area is 320 Å². The summed E-state index contributed by atoms with van der Waals surface area (Å²) in [5, 5.41) is 15.2. The number of rotatable bonds is 12. The van der Waals surface area contributed by atoms with Crippen LogP contribution in [0.25, 0.3) is 0 Å². The number of aryl methyl sites for hydroxylation is 3. The van der Waals surface area contributed by atoms with Crippen molar-refractivity contribution < 1.29 is 25.3 Å². The van der Waals surface area contributed by atoms with Gasteiger partial charge in [-0.2, -0.15) is 3.71 Å². The molecule has 276 valence electrons. The van der Waals surface area contributed by atoms with E-state index in [2.05, 4.69) is 4.72 Å². The van der Waals surface area contributed by atoms with Crippen LogP contribution in [0.15, 0.2) is 108 Å². The highest BCUT2D eigenvalue weighted by Crippen LogP contribution is 2.42. The second-order valence-electron chi connectivity index (χ2n) is 11.1. The van der Waals surface area contributed by atoms with Gasteiger partial charge < -0.3 is 11.5 Å². The van der Waals surface area contributed by atoms with Crippen LogP contribution in [0.1, 0.15) is 26.4 Å². The van der Waals surface area contributed by atoms with Crippen molar-refractivity contribution in [3.63, 3.8) is 0 Å². The van der Waals surface area contributed by atoms with Gasteiger partial charge in [-0.25, -0.2) is 25.3 Å². The number of benzene rings is 3. The fourth-order valence-corrected chi connectivity index (χ4v) is 12.9. The van der Waals surface area contributed by atoms with Gasteiger partial charge in [-0.05, 0) is 81.8 Å². The molecule has 0 atom stereocenters. The summed E-state index contributed by atoms with van der Waals surface area (Å²) in [5.74, 6) is -0.344. The van der Waals surface area contributed by atoms with Crippen LogP contribution >= 0.6 is 46.2 Å². The van der Waals surface area contributed by atoms with E-state index in [-0.39, 0.29) is 36.9 Å². The summed E-state index contributed by atoms with van der Waals surface area (Å²) in [4.78, 5) is 0.715. The van der Waals surface area contributed by atoms with E-state index in [0.29, 0.717) is 18.5 Å². The fraction of sp³-hybridized carbons (Fsp3) is 0.152. The van der Waals surface area contributed by atoms with Crippen molar-refractivity contribution >= 4 is 99.3 Å². The molecule has 52 heavy (non-hydrogen) atoms. The Balaban J connectivity index is 0.000000251. The standard InChI is InChI=1S/C20H21N3O4S4.C13H15N3O2S3/c1-13-4-8-15(9-5-13)30(24,25)23(17-12-18(19(21)22)29-20(17)28-3)31(26,27)16-10-6-14(2)7-11-16;1-8-3-5-9(6-4-8)21(17,18)16-10-7-11(12(14)15)20-13(10)19-2/h4-12H,1-3H3,(H3,21,22);3-7,16H,1-2H3,(H3,14,15). The zero-order chi connectivity index (χ0) is 38.6. The van der Waals surface area contributed by atoms with Gasteiger partial charge in [0, 0.05) is 0 Å². The van der Waals surface area contributed by atoms with Crippen LogP contribution in [0.3, 0.4) is 0 Å². The van der Waals surface area contributed by atoms with E-state index < -0.39 is 30.1 Å². The van der Waals surface area contributed by atoms with Crippen LogP contribution in [-0.2, 0) is 30.1 Å². The number of nitrogens with zero attached hydrogens (tertiary/aromatic N) is 1. The summed E-state index contributed by atoms with van der Waals surface area (Å²) in [6.07, 6.45) is 3.55. The third-order valence-electron chi connectivity index (χ3n) is 7.13. The summed E-state index contributed by atoms with van der Waals surface area (Å²) >= 11 is 4.96. The number of amidine groups is 2. The summed E-state index contributed by atoms with van der Waals surface area (Å²) in [6.45, 7) is 5.51. The highest BCUT2D eigenvalue weighted by Gasteiger charge is 2.39. The molecule has 2 aromatic heterocycles. The molecule has 0 aliphatic carbocycles. The van der Waals surface area contributed by atoms with Gasteiger partial charge >= 0.3 is 0 Å². The molecular formula is C33H36N6O6S7.